The Balaban J connectivity index is 2.05. The van der Waals surface area contributed by atoms with Crippen molar-refractivity contribution in [3.63, 3.8) is 0 Å². The molecule has 5 heteroatoms. The van der Waals surface area contributed by atoms with Crippen LogP contribution in [0.1, 0.15) is 0 Å². The molecule has 4 aromatic rings. The fourth-order valence-electron chi connectivity index (χ4n) is 2.90. The zero-order chi connectivity index (χ0) is 17.4. The van der Waals surface area contributed by atoms with Crippen molar-refractivity contribution in [2.75, 3.05) is 0 Å². The molecule has 0 radical (unpaired) electrons. The lowest BCUT2D eigenvalue weighted by Gasteiger charge is -2.12. The van der Waals surface area contributed by atoms with Gasteiger partial charge in [-0.1, -0.05) is 36.4 Å². The van der Waals surface area contributed by atoms with Crippen molar-refractivity contribution < 1.29 is 0 Å². The third kappa shape index (κ3) is 2.71. The van der Waals surface area contributed by atoms with Crippen molar-refractivity contribution in [1.82, 2.24) is 14.5 Å². The second-order valence-electron chi connectivity index (χ2n) is 5.77. The number of rotatable bonds is 2. The zero-order valence-electron chi connectivity index (χ0n) is 13.5. The van der Waals surface area contributed by atoms with E-state index in [1.165, 1.54) is 4.57 Å². The van der Waals surface area contributed by atoms with Gasteiger partial charge in [-0.3, -0.25) is 14.3 Å². The highest BCUT2D eigenvalue weighted by Crippen LogP contribution is 2.30. The van der Waals surface area contributed by atoms with E-state index >= 15 is 0 Å². The average molecular weight is 348 g/mol. The summed E-state index contributed by atoms with van der Waals surface area (Å²) >= 11 is 6.16. The Kier molecular flexibility index (Phi) is 3.82. The molecule has 0 saturated carbocycles. The van der Waals surface area contributed by atoms with Crippen LogP contribution in [0, 0.1) is 0 Å². The van der Waals surface area contributed by atoms with Crippen LogP contribution in [0.3, 0.4) is 0 Å². The van der Waals surface area contributed by atoms with Gasteiger partial charge in [0.05, 0.1) is 11.3 Å². The van der Waals surface area contributed by atoms with Crippen LogP contribution < -0.4 is 5.56 Å². The van der Waals surface area contributed by atoms with E-state index in [4.69, 9.17) is 11.6 Å². The van der Waals surface area contributed by atoms with E-state index in [9.17, 15) is 4.79 Å². The second-order valence-corrected chi connectivity index (χ2v) is 6.10. The van der Waals surface area contributed by atoms with Crippen molar-refractivity contribution in [3.05, 3.63) is 82.6 Å². The molecule has 2 heterocycles. The lowest BCUT2D eigenvalue weighted by atomic mass is 9.98. The Hall–Kier alpha value is -2.98. The molecule has 2 aromatic heterocycles. The summed E-state index contributed by atoms with van der Waals surface area (Å²) in [4.78, 5) is 21.4. The van der Waals surface area contributed by atoms with Gasteiger partial charge in [0.15, 0.2) is 0 Å². The SMILES string of the molecule is Cn1c(Cl)nc(-c2ccncc2)c(-c2ccc3ccccc3c2)c1=O. The maximum Gasteiger partial charge on any atom is 0.262 e. The van der Waals surface area contributed by atoms with E-state index in [1.54, 1.807) is 19.4 Å². The van der Waals surface area contributed by atoms with Gasteiger partial charge < -0.3 is 0 Å². The zero-order valence-corrected chi connectivity index (χ0v) is 14.2. The van der Waals surface area contributed by atoms with Crippen LogP contribution in [0.15, 0.2) is 71.8 Å². The van der Waals surface area contributed by atoms with E-state index in [2.05, 4.69) is 9.97 Å². The number of pyridine rings is 1. The van der Waals surface area contributed by atoms with E-state index in [0.29, 0.717) is 11.3 Å². The quantitative estimate of drug-likeness (QED) is 0.507. The summed E-state index contributed by atoms with van der Waals surface area (Å²) in [6, 6.07) is 17.6. The fraction of sp³-hybridized carbons (Fsp3) is 0.0500. The molecular formula is C20H14ClN3O. The van der Waals surface area contributed by atoms with Crippen LogP contribution in [0.2, 0.25) is 5.28 Å². The van der Waals surface area contributed by atoms with Crippen molar-refractivity contribution in [2.24, 2.45) is 7.05 Å². The Morgan fingerprint density at radius 2 is 1.64 bits per heavy atom. The number of benzene rings is 2. The Labute approximate surface area is 149 Å². The van der Waals surface area contributed by atoms with Gasteiger partial charge in [-0.25, -0.2) is 4.98 Å². The van der Waals surface area contributed by atoms with Crippen molar-refractivity contribution >= 4 is 22.4 Å². The number of nitrogens with zero attached hydrogens (tertiary/aromatic N) is 3. The highest BCUT2D eigenvalue weighted by molar-refractivity contribution is 6.28. The lowest BCUT2D eigenvalue weighted by molar-refractivity contribution is 0.831. The average Bonchev–Trinajstić information content (AvgIpc) is 2.66. The lowest BCUT2D eigenvalue weighted by Crippen LogP contribution is -2.21. The molecule has 2 aromatic carbocycles. The van der Waals surface area contributed by atoms with Crippen LogP contribution in [0.4, 0.5) is 0 Å². The minimum atomic E-state index is -0.179. The van der Waals surface area contributed by atoms with Gasteiger partial charge in [0.25, 0.3) is 5.56 Å². The van der Waals surface area contributed by atoms with Gasteiger partial charge in [0.2, 0.25) is 5.28 Å². The third-order valence-electron chi connectivity index (χ3n) is 4.23. The van der Waals surface area contributed by atoms with Gasteiger partial charge in [0, 0.05) is 25.0 Å². The first-order valence-electron chi connectivity index (χ1n) is 7.81. The molecule has 0 spiro atoms. The molecule has 122 valence electrons. The Bertz CT molecular complexity index is 1140. The largest absolute Gasteiger partial charge is 0.286 e. The molecule has 0 aliphatic carbocycles. The van der Waals surface area contributed by atoms with Gasteiger partial charge in [0.1, 0.15) is 0 Å². The third-order valence-corrected chi connectivity index (χ3v) is 4.57. The summed E-state index contributed by atoms with van der Waals surface area (Å²) in [7, 11) is 1.62. The predicted octanol–water partition coefficient (Wildman–Crippen LogP) is 4.32. The van der Waals surface area contributed by atoms with Crippen molar-refractivity contribution in [1.29, 1.82) is 0 Å². The molecule has 0 fully saturated rings. The van der Waals surface area contributed by atoms with Gasteiger partial charge in [-0.2, -0.15) is 0 Å². The van der Waals surface area contributed by atoms with Crippen LogP contribution in [0.5, 0.6) is 0 Å². The van der Waals surface area contributed by atoms with Gasteiger partial charge >= 0.3 is 0 Å². The van der Waals surface area contributed by atoms with Crippen molar-refractivity contribution in [2.45, 2.75) is 0 Å². The summed E-state index contributed by atoms with van der Waals surface area (Å²) in [6.45, 7) is 0. The van der Waals surface area contributed by atoms with E-state index in [1.807, 2.05) is 54.6 Å². The van der Waals surface area contributed by atoms with Gasteiger partial charge in [-0.15, -0.1) is 0 Å². The van der Waals surface area contributed by atoms with Crippen LogP contribution in [0.25, 0.3) is 33.2 Å². The van der Waals surface area contributed by atoms with Crippen molar-refractivity contribution in [3.8, 4) is 22.4 Å². The first-order chi connectivity index (χ1) is 12.1. The molecule has 0 bridgehead atoms. The highest BCUT2D eigenvalue weighted by atomic mass is 35.5. The highest BCUT2D eigenvalue weighted by Gasteiger charge is 2.17. The van der Waals surface area contributed by atoms with Crippen LogP contribution in [-0.2, 0) is 7.05 Å². The molecule has 4 nitrogen and oxygen atoms in total. The Morgan fingerprint density at radius 1 is 0.920 bits per heavy atom. The number of fused-ring (bicyclic) bond motifs is 1. The maximum atomic E-state index is 12.9. The molecule has 0 aliphatic rings. The first-order valence-corrected chi connectivity index (χ1v) is 8.19. The minimum Gasteiger partial charge on any atom is -0.286 e. The van der Waals surface area contributed by atoms with E-state index < -0.39 is 0 Å². The van der Waals surface area contributed by atoms with E-state index in [-0.39, 0.29) is 10.8 Å². The van der Waals surface area contributed by atoms with E-state index in [0.717, 1.165) is 21.9 Å². The topological polar surface area (TPSA) is 47.8 Å². The summed E-state index contributed by atoms with van der Waals surface area (Å²) in [6.07, 6.45) is 3.35. The Morgan fingerprint density at radius 3 is 2.40 bits per heavy atom. The fourth-order valence-corrected chi connectivity index (χ4v) is 3.06. The smallest absolute Gasteiger partial charge is 0.262 e. The summed E-state index contributed by atoms with van der Waals surface area (Å²) < 4.78 is 1.36. The monoisotopic (exact) mass is 347 g/mol. The molecular weight excluding hydrogens is 334 g/mol. The summed E-state index contributed by atoms with van der Waals surface area (Å²) in [5.41, 5.74) is 2.53. The minimum absolute atomic E-state index is 0.154. The van der Waals surface area contributed by atoms with Gasteiger partial charge in [-0.05, 0) is 46.1 Å². The molecule has 0 saturated heterocycles. The number of aromatic nitrogens is 3. The number of hydrogen-bond acceptors (Lipinski definition) is 3. The predicted molar refractivity (Wildman–Crippen MR) is 101 cm³/mol. The number of hydrogen-bond donors (Lipinski definition) is 0. The molecule has 4 rings (SSSR count). The maximum absolute atomic E-state index is 12.9. The summed E-state index contributed by atoms with van der Waals surface area (Å²) in [5, 5.41) is 2.34. The number of halogens is 1. The second kappa shape index (κ2) is 6.15. The molecule has 0 aliphatic heterocycles. The molecule has 0 atom stereocenters. The molecule has 0 amide bonds. The molecule has 25 heavy (non-hydrogen) atoms. The standard InChI is InChI=1S/C20H14ClN3O/c1-24-19(25)17(16-7-6-13-4-2-3-5-15(13)12-16)18(23-20(24)21)14-8-10-22-11-9-14/h2-12H,1H3. The summed E-state index contributed by atoms with van der Waals surface area (Å²) in [5.74, 6) is 0. The molecule has 0 unspecified atom stereocenters. The normalized spacial score (nSPS) is 11.0. The first kappa shape index (κ1) is 15.5. The van der Waals surface area contributed by atoms with Crippen LogP contribution in [-0.4, -0.2) is 14.5 Å². The molecule has 0 N–H and O–H groups in total. The van der Waals surface area contributed by atoms with Crippen LogP contribution >= 0.6 is 11.6 Å².